The second-order valence-corrected chi connectivity index (χ2v) is 4.91. The monoisotopic (exact) mass is 257 g/mol. The number of nitrogens with one attached hydrogen (secondary N) is 1. The third kappa shape index (κ3) is 3.91. The number of hydrogen-bond donors (Lipinski definition) is 3. The fourth-order valence-electron chi connectivity index (χ4n) is 1.41. The number of benzene rings is 1. The molecule has 0 bridgehead atoms. The molecule has 1 rings (SSSR count). The summed E-state index contributed by atoms with van der Waals surface area (Å²) in [5.74, 6) is -0.532. The predicted molar refractivity (Wildman–Crippen MR) is 66.4 cm³/mol. The Labute approximate surface area is 105 Å². The van der Waals surface area contributed by atoms with Crippen LogP contribution in [-0.2, 0) is 0 Å². The van der Waals surface area contributed by atoms with Crippen LogP contribution in [0.5, 0.6) is 5.75 Å². The SMILES string of the molecule is CC(C)(CCO)NC(=O)c1cc(Cl)ccc1O. The predicted octanol–water partition coefficient (Wildman–Crippen LogP) is 1.94. The van der Waals surface area contributed by atoms with E-state index >= 15 is 0 Å². The summed E-state index contributed by atoms with van der Waals surface area (Å²) in [6.45, 7) is 3.57. The van der Waals surface area contributed by atoms with Crippen molar-refractivity contribution in [3.05, 3.63) is 28.8 Å². The summed E-state index contributed by atoms with van der Waals surface area (Å²) in [6, 6.07) is 4.28. The molecule has 0 spiro atoms. The molecule has 0 aliphatic rings. The summed E-state index contributed by atoms with van der Waals surface area (Å²) in [4.78, 5) is 11.9. The van der Waals surface area contributed by atoms with E-state index in [2.05, 4.69) is 5.32 Å². The highest BCUT2D eigenvalue weighted by Gasteiger charge is 2.22. The van der Waals surface area contributed by atoms with Crippen LogP contribution >= 0.6 is 11.6 Å². The van der Waals surface area contributed by atoms with Crippen LogP contribution in [0.4, 0.5) is 0 Å². The van der Waals surface area contributed by atoms with Crippen molar-refractivity contribution in [2.24, 2.45) is 0 Å². The standard InChI is InChI=1S/C12H16ClNO3/c1-12(2,5-6-15)14-11(17)9-7-8(13)3-4-10(9)16/h3-4,7,15-16H,5-6H2,1-2H3,(H,14,17). The Bertz CT molecular complexity index is 418. The number of phenols is 1. The van der Waals surface area contributed by atoms with Gasteiger partial charge in [0.05, 0.1) is 5.56 Å². The summed E-state index contributed by atoms with van der Waals surface area (Å²) in [6.07, 6.45) is 0.431. The smallest absolute Gasteiger partial charge is 0.255 e. The van der Waals surface area contributed by atoms with Crippen LogP contribution in [0, 0.1) is 0 Å². The molecule has 0 atom stereocenters. The maximum Gasteiger partial charge on any atom is 0.255 e. The molecule has 0 aliphatic heterocycles. The highest BCUT2D eigenvalue weighted by molar-refractivity contribution is 6.31. The highest BCUT2D eigenvalue weighted by Crippen LogP contribution is 2.22. The van der Waals surface area contributed by atoms with Gasteiger partial charge in [-0.2, -0.15) is 0 Å². The van der Waals surface area contributed by atoms with Gasteiger partial charge in [-0.3, -0.25) is 4.79 Å². The van der Waals surface area contributed by atoms with Crippen LogP contribution in [0.2, 0.25) is 5.02 Å². The number of aliphatic hydroxyl groups is 1. The van der Waals surface area contributed by atoms with Crippen molar-refractivity contribution >= 4 is 17.5 Å². The molecule has 5 heteroatoms. The molecule has 0 unspecified atom stereocenters. The number of aliphatic hydroxyl groups excluding tert-OH is 1. The van der Waals surface area contributed by atoms with Gasteiger partial charge in [0.1, 0.15) is 5.75 Å². The first kappa shape index (κ1) is 13.8. The highest BCUT2D eigenvalue weighted by atomic mass is 35.5. The molecule has 0 aliphatic carbocycles. The molecule has 3 N–H and O–H groups in total. The molecule has 1 aromatic rings. The van der Waals surface area contributed by atoms with Gasteiger partial charge in [-0.15, -0.1) is 0 Å². The van der Waals surface area contributed by atoms with Crippen molar-refractivity contribution < 1.29 is 15.0 Å². The van der Waals surface area contributed by atoms with Crippen LogP contribution < -0.4 is 5.32 Å². The van der Waals surface area contributed by atoms with Crippen molar-refractivity contribution in [1.29, 1.82) is 0 Å². The molecule has 0 radical (unpaired) electrons. The quantitative estimate of drug-likeness (QED) is 0.772. The number of carbonyl (C=O) groups is 1. The minimum atomic E-state index is -0.541. The van der Waals surface area contributed by atoms with Crippen LogP contribution in [0.25, 0.3) is 0 Å². The van der Waals surface area contributed by atoms with Gasteiger partial charge in [-0.1, -0.05) is 11.6 Å². The van der Waals surface area contributed by atoms with Crippen molar-refractivity contribution in [1.82, 2.24) is 5.32 Å². The Hall–Kier alpha value is -1.26. The van der Waals surface area contributed by atoms with E-state index in [4.69, 9.17) is 16.7 Å². The van der Waals surface area contributed by atoms with Crippen LogP contribution in [0.15, 0.2) is 18.2 Å². The van der Waals surface area contributed by atoms with Crippen molar-refractivity contribution in [3.8, 4) is 5.75 Å². The molecule has 94 valence electrons. The molecule has 4 nitrogen and oxygen atoms in total. The van der Waals surface area contributed by atoms with E-state index in [1.54, 1.807) is 13.8 Å². The number of hydrogen-bond acceptors (Lipinski definition) is 3. The fraction of sp³-hybridized carbons (Fsp3) is 0.417. The van der Waals surface area contributed by atoms with E-state index < -0.39 is 11.4 Å². The number of carbonyl (C=O) groups excluding carboxylic acids is 1. The maximum atomic E-state index is 11.9. The average molecular weight is 258 g/mol. The Morgan fingerprint density at radius 1 is 1.47 bits per heavy atom. The van der Waals surface area contributed by atoms with Crippen molar-refractivity contribution in [2.75, 3.05) is 6.61 Å². The Balaban J connectivity index is 2.86. The fourth-order valence-corrected chi connectivity index (χ4v) is 1.58. The third-order valence-corrected chi connectivity index (χ3v) is 2.63. The normalized spacial score (nSPS) is 11.3. The molecule has 0 fully saturated rings. The lowest BCUT2D eigenvalue weighted by atomic mass is 10.0. The zero-order valence-electron chi connectivity index (χ0n) is 9.83. The molecular weight excluding hydrogens is 242 g/mol. The average Bonchev–Trinajstić information content (AvgIpc) is 2.20. The van der Waals surface area contributed by atoms with E-state index in [-0.39, 0.29) is 17.9 Å². The molecule has 1 amide bonds. The van der Waals surface area contributed by atoms with Gasteiger partial charge in [0.2, 0.25) is 0 Å². The molecule has 0 aromatic heterocycles. The molecule has 0 heterocycles. The minimum Gasteiger partial charge on any atom is -0.507 e. The second-order valence-electron chi connectivity index (χ2n) is 4.47. The van der Waals surface area contributed by atoms with Gasteiger partial charge in [-0.05, 0) is 38.5 Å². The topological polar surface area (TPSA) is 69.6 Å². The summed E-state index contributed by atoms with van der Waals surface area (Å²) in [5, 5.41) is 21.5. The first-order valence-electron chi connectivity index (χ1n) is 5.27. The molecule has 17 heavy (non-hydrogen) atoms. The number of amides is 1. The summed E-state index contributed by atoms with van der Waals surface area (Å²) in [5.41, 5.74) is -0.413. The van der Waals surface area contributed by atoms with E-state index in [0.717, 1.165) is 0 Å². The number of halogens is 1. The lowest BCUT2D eigenvalue weighted by Crippen LogP contribution is -2.44. The van der Waals surface area contributed by atoms with E-state index in [0.29, 0.717) is 11.4 Å². The van der Waals surface area contributed by atoms with Crippen LogP contribution in [-0.4, -0.2) is 28.3 Å². The molecule has 0 saturated heterocycles. The number of phenolic OH excluding ortho intramolecular Hbond substituents is 1. The first-order valence-corrected chi connectivity index (χ1v) is 5.65. The zero-order valence-corrected chi connectivity index (χ0v) is 10.6. The Kier molecular flexibility index (Phi) is 4.37. The van der Waals surface area contributed by atoms with E-state index in [1.165, 1.54) is 18.2 Å². The largest absolute Gasteiger partial charge is 0.507 e. The Morgan fingerprint density at radius 3 is 2.71 bits per heavy atom. The first-order chi connectivity index (χ1) is 7.85. The van der Waals surface area contributed by atoms with Crippen molar-refractivity contribution in [2.45, 2.75) is 25.8 Å². The second kappa shape index (κ2) is 5.38. The summed E-state index contributed by atoms with van der Waals surface area (Å²) >= 11 is 5.76. The Morgan fingerprint density at radius 2 is 2.12 bits per heavy atom. The molecular formula is C12H16ClNO3. The van der Waals surface area contributed by atoms with Gasteiger partial charge in [0, 0.05) is 17.2 Å². The van der Waals surface area contributed by atoms with Gasteiger partial charge < -0.3 is 15.5 Å². The van der Waals surface area contributed by atoms with Crippen molar-refractivity contribution in [3.63, 3.8) is 0 Å². The summed E-state index contributed by atoms with van der Waals surface area (Å²) < 4.78 is 0. The van der Waals surface area contributed by atoms with Gasteiger partial charge in [-0.25, -0.2) is 0 Å². The minimum absolute atomic E-state index is 0.0190. The number of rotatable bonds is 4. The van der Waals surface area contributed by atoms with Gasteiger partial charge >= 0.3 is 0 Å². The van der Waals surface area contributed by atoms with E-state index in [1.807, 2.05) is 0 Å². The maximum absolute atomic E-state index is 11.9. The lowest BCUT2D eigenvalue weighted by Gasteiger charge is -2.25. The lowest BCUT2D eigenvalue weighted by molar-refractivity contribution is 0.0897. The summed E-state index contributed by atoms with van der Waals surface area (Å²) in [7, 11) is 0. The van der Waals surface area contributed by atoms with Crippen LogP contribution in [0.3, 0.4) is 0 Å². The van der Waals surface area contributed by atoms with Gasteiger partial charge in [0.25, 0.3) is 5.91 Å². The molecule has 1 aromatic carbocycles. The zero-order chi connectivity index (χ0) is 13.1. The van der Waals surface area contributed by atoms with Gasteiger partial charge in [0.15, 0.2) is 0 Å². The molecule has 0 saturated carbocycles. The number of aromatic hydroxyl groups is 1. The van der Waals surface area contributed by atoms with E-state index in [9.17, 15) is 9.90 Å². The van der Waals surface area contributed by atoms with Crippen LogP contribution in [0.1, 0.15) is 30.6 Å². The third-order valence-electron chi connectivity index (χ3n) is 2.39.